The number of hydrogen-bond donors (Lipinski definition) is 1. The van der Waals surface area contributed by atoms with Gasteiger partial charge in [0.25, 0.3) is 0 Å². The average Bonchev–Trinajstić information content (AvgIpc) is 2.89. The third-order valence-electron chi connectivity index (χ3n) is 2.93. The van der Waals surface area contributed by atoms with Crippen molar-refractivity contribution < 1.29 is 0 Å². The van der Waals surface area contributed by atoms with Crippen molar-refractivity contribution in [1.29, 1.82) is 0 Å². The summed E-state index contributed by atoms with van der Waals surface area (Å²) in [6.07, 6.45) is 6.22. The Morgan fingerprint density at radius 1 is 1.50 bits per heavy atom. The molecule has 0 unspecified atom stereocenters. The zero-order valence-corrected chi connectivity index (χ0v) is 8.88. The summed E-state index contributed by atoms with van der Waals surface area (Å²) >= 11 is 0. The number of nitrogens with two attached hydrogens (primary N) is 1. The minimum Gasteiger partial charge on any atom is -0.396 e. The number of hydrogen-bond acceptors (Lipinski definition) is 3. The largest absolute Gasteiger partial charge is 0.396 e. The Morgan fingerprint density at radius 2 is 2.21 bits per heavy atom. The first-order valence-corrected chi connectivity index (χ1v) is 5.27. The van der Waals surface area contributed by atoms with E-state index in [4.69, 9.17) is 5.73 Å². The van der Waals surface area contributed by atoms with Gasteiger partial charge in [0.15, 0.2) is 0 Å². The first kappa shape index (κ1) is 9.44. The Morgan fingerprint density at radius 3 is 2.79 bits per heavy atom. The summed E-state index contributed by atoms with van der Waals surface area (Å²) in [6.45, 7) is 4.36. The maximum Gasteiger partial charge on any atom is 0.134 e. The maximum atomic E-state index is 5.81. The van der Waals surface area contributed by atoms with Crippen LogP contribution < -0.4 is 5.73 Å². The smallest absolute Gasteiger partial charge is 0.134 e. The molecule has 0 aromatic carbocycles. The van der Waals surface area contributed by atoms with E-state index < -0.39 is 0 Å². The second-order valence-electron chi connectivity index (χ2n) is 4.41. The van der Waals surface area contributed by atoms with Crippen molar-refractivity contribution in [3.8, 4) is 0 Å². The van der Waals surface area contributed by atoms with Gasteiger partial charge in [-0.2, -0.15) is 0 Å². The fourth-order valence-electron chi connectivity index (χ4n) is 1.57. The van der Waals surface area contributed by atoms with Crippen LogP contribution in [0.25, 0.3) is 0 Å². The highest BCUT2D eigenvalue weighted by atomic mass is 14.9. The molecule has 3 heteroatoms. The van der Waals surface area contributed by atoms with Crippen LogP contribution in [0.2, 0.25) is 0 Å². The van der Waals surface area contributed by atoms with E-state index in [0.29, 0.717) is 0 Å². The van der Waals surface area contributed by atoms with Crippen LogP contribution in [0.4, 0.5) is 5.69 Å². The Bertz CT molecular complexity index is 342. The van der Waals surface area contributed by atoms with Crippen LogP contribution in [0.5, 0.6) is 0 Å². The van der Waals surface area contributed by atoms with Crippen LogP contribution in [0, 0.1) is 0 Å². The zero-order chi connectivity index (χ0) is 10.2. The fraction of sp³-hybridized carbons (Fsp3) is 0.636. The van der Waals surface area contributed by atoms with Crippen molar-refractivity contribution in [3.05, 3.63) is 17.7 Å². The molecule has 1 aromatic heterocycles. The lowest BCUT2D eigenvalue weighted by molar-refractivity contribution is 0.694. The fourth-order valence-corrected chi connectivity index (χ4v) is 1.57. The summed E-state index contributed by atoms with van der Waals surface area (Å²) in [5.41, 5.74) is 7.82. The van der Waals surface area contributed by atoms with Gasteiger partial charge in [0.05, 0.1) is 17.6 Å². The molecular formula is C11H17N3. The molecule has 1 aliphatic carbocycles. The molecule has 0 aliphatic heterocycles. The van der Waals surface area contributed by atoms with Gasteiger partial charge in [-0.3, -0.25) is 0 Å². The minimum absolute atomic E-state index is 0.246. The van der Waals surface area contributed by atoms with Crippen molar-refractivity contribution >= 4 is 5.69 Å². The van der Waals surface area contributed by atoms with Gasteiger partial charge in [-0.25, -0.2) is 9.97 Å². The SMILES string of the molecule is CCCc1nc(C2(C)CC2)ncc1N. The number of rotatable bonds is 3. The number of aromatic nitrogens is 2. The summed E-state index contributed by atoms with van der Waals surface area (Å²) in [4.78, 5) is 8.88. The molecular weight excluding hydrogens is 174 g/mol. The second-order valence-corrected chi connectivity index (χ2v) is 4.41. The highest BCUT2D eigenvalue weighted by Crippen LogP contribution is 2.45. The molecule has 1 aromatic rings. The van der Waals surface area contributed by atoms with E-state index in [1.54, 1.807) is 6.20 Å². The Kier molecular flexibility index (Phi) is 2.17. The van der Waals surface area contributed by atoms with Crippen LogP contribution in [-0.2, 0) is 11.8 Å². The van der Waals surface area contributed by atoms with Gasteiger partial charge in [-0.05, 0) is 19.3 Å². The predicted molar refractivity (Wildman–Crippen MR) is 57.0 cm³/mol. The molecule has 1 aliphatic rings. The summed E-state index contributed by atoms with van der Waals surface area (Å²) in [5.74, 6) is 0.982. The van der Waals surface area contributed by atoms with Crippen LogP contribution in [-0.4, -0.2) is 9.97 Å². The van der Waals surface area contributed by atoms with Gasteiger partial charge in [0.1, 0.15) is 5.82 Å². The summed E-state index contributed by atoms with van der Waals surface area (Å²) in [6, 6.07) is 0. The van der Waals surface area contributed by atoms with E-state index in [0.717, 1.165) is 30.0 Å². The zero-order valence-electron chi connectivity index (χ0n) is 8.88. The molecule has 76 valence electrons. The quantitative estimate of drug-likeness (QED) is 0.795. The van der Waals surface area contributed by atoms with Gasteiger partial charge < -0.3 is 5.73 Å². The van der Waals surface area contributed by atoms with Gasteiger partial charge in [0.2, 0.25) is 0 Å². The molecule has 2 rings (SSSR count). The van der Waals surface area contributed by atoms with Crippen molar-refractivity contribution in [2.75, 3.05) is 5.73 Å². The van der Waals surface area contributed by atoms with Crippen LogP contribution in [0.15, 0.2) is 6.20 Å². The third-order valence-corrected chi connectivity index (χ3v) is 2.93. The molecule has 0 radical (unpaired) electrons. The van der Waals surface area contributed by atoms with Gasteiger partial charge in [-0.15, -0.1) is 0 Å². The van der Waals surface area contributed by atoms with E-state index in [1.807, 2.05) is 0 Å². The Hall–Kier alpha value is -1.12. The third kappa shape index (κ3) is 1.59. The van der Waals surface area contributed by atoms with Crippen molar-refractivity contribution in [2.45, 2.75) is 44.9 Å². The monoisotopic (exact) mass is 191 g/mol. The van der Waals surface area contributed by atoms with E-state index in [1.165, 1.54) is 12.8 Å². The molecule has 0 spiro atoms. The van der Waals surface area contributed by atoms with Crippen LogP contribution >= 0.6 is 0 Å². The molecule has 0 saturated heterocycles. The van der Waals surface area contributed by atoms with Gasteiger partial charge in [-0.1, -0.05) is 20.3 Å². The lowest BCUT2D eigenvalue weighted by Gasteiger charge is -2.09. The molecule has 0 amide bonds. The van der Waals surface area contributed by atoms with Gasteiger partial charge >= 0.3 is 0 Å². The van der Waals surface area contributed by atoms with Crippen molar-refractivity contribution in [1.82, 2.24) is 9.97 Å². The maximum absolute atomic E-state index is 5.81. The van der Waals surface area contributed by atoms with E-state index in [-0.39, 0.29) is 5.41 Å². The topological polar surface area (TPSA) is 51.8 Å². The van der Waals surface area contributed by atoms with Crippen molar-refractivity contribution in [3.63, 3.8) is 0 Å². The molecule has 1 heterocycles. The normalized spacial score (nSPS) is 18.1. The number of nitrogens with zero attached hydrogens (tertiary/aromatic N) is 2. The highest BCUT2D eigenvalue weighted by molar-refractivity contribution is 5.41. The lowest BCUT2D eigenvalue weighted by atomic mass is 10.1. The minimum atomic E-state index is 0.246. The molecule has 1 saturated carbocycles. The first-order chi connectivity index (χ1) is 6.65. The molecule has 0 bridgehead atoms. The van der Waals surface area contributed by atoms with Crippen LogP contribution in [0.3, 0.4) is 0 Å². The molecule has 0 atom stereocenters. The number of nitrogen functional groups attached to an aromatic ring is 1. The summed E-state index contributed by atoms with van der Waals surface area (Å²) < 4.78 is 0. The van der Waals surface area contributed by atoms with Crippen molar-refractivity contribution in [2.24, 2.45) is 0 Å². The molecule has 1 fully saturated rings. The van der Waals surface area contributed by atoms with E-state index >= 15 is 0 Å². The molecule has 3 nitrogen and oxygen atoms in total. The Balaban J connectivity index is 2.31. The summed E-state index contributed by atoms with van der Waals surface area (Å²) in [5, 5.41) is 0. The standard InChI is InChI=1S/C11H17N3/c1-3-4-9-8(12)7-13-10(14-9)11(2)5-6-11/h7H,3-6,12H2,1-2H3. The highest BCUT2D eigenvalue weighted by Gasteiger charge is 2.42. The lowest BCUT2D eigenvalue weighted by Crippen LogP contribution is -2.10. The van der Waals surface area contributed by atoms with E-state index in [9.17, 15) is 0 Å². The average molecular weight is 191 g/mol. The van der Waals surface area contributed by atoms with E-state index in [2.05, 4.69) is 23.8 Å². The first-order valence-electron chi connectivity index (χ1n) is 5.27. The molecule has 2 N–H and O–H groups in total. The second kappa shape index (κ2) is 3.23. The number of anilines is 1. The molecule has 14 heavy (non-hydrogen) atoms. The predicted octanol–water partition coefficient (Wildman–Crippen LogP) is 2.06. The Labute approximate surface area is 84.8 Å². The summed E-state index contributed by atoms with van der Waals surface area (Å²) in [7, 11) is 0. The number of aryl methyl sites for hydroxylation is 1. The van der Waals surface area contributed by atoms with Crippen LogP contribution in [0.1, 0.15) is 44.6 Å². The van der Waals surface area contributed by atoms with Gasteiger partial charge in [0, 0.05) is 5.41 Å².